The summed E-state index contributed by atoms with van der Waals surface area (Å²) in [7, 11) is 1.96. The molecule has 0 bridgehead atoms. The van der Waals surface area contributed by atoms with E-state index in [1.165, 1.54) is 16.0 Å². The van der Waals surface area contributed by atoms with Crippen molar-refractivity contribution in [1.82, 2.24) is 15.1 Å². The summed E-state index contributed by atoms with van der Waals surface area (Å²) in [5.74, 6) is 1.02. The average molecular weight is 303 g/mol. The van der Waals surface area contributed by atoms with Gasteiger partial charge in [-0.05, 0) is 30.5 Å². The van der Waals surface area contributed by atoms with E-state index in [9.17, 15) is 0 Å². The molecule has 0 saturated carbocycles. The van der Waals surface area contributed by atoms with Crippen molar-refractivity contribution >= 4 is 11.8 Å². The molecule has 114 valence electrons. The maximum Gasteiger partial charge on any atom is 0.0625 e. The molecule has 1 aromatic heterocycles. The van der Waals surface area contributed by atoms with Gasteiger partial charge in [-0.1, -0.05) is 38.1 Å². The van der Waals surface area contributed by atoms with Gasteiger partial charge >= 0.3 is 0 Å². The van der Waals surface area contributed by atoms with Crippen LogP contribution >= 0.6 is 11.8 Å². The Balaban J connectivity index is 2.01. The van der Waals surface area contributed by atoms with Gasteiger partial charge in [-0.25, -0.2) is 0 Å². The van der Waals surface area contributed by atoms with Crippen LogP contribution in [0.3, 0.4) is 0 Å². The molecule has 0 aliphatic carbocycles. The Morgan fingerprint density at radius 3 is 2.57 bits per heavy atom. The van der Waals surface area contributed by atoms with E-state index in [4.69, 9.17) is 0 Å². The van der Waals surface area contributed by atoms with Crippen LogP contribution < -0.4 is 5.32 Å². The third kappa shape index (κ3) is 4.90. The molecule has 2 rings (SSSR count). The molecular weight excluding hydrogens is 278 g/mol. The van der Waals surface area contributed by atoms with Crippen molar-refractivity contribution in [2.75, 3.05) is 12.3 Å². The first-order valence-electron chi connectivity index (χ1n) is 7.66. The van der Waals surface area contributed by atoms with E-state index < -0.39 is 0 Å². The van der Waals surface area contributed by atoms with Gasteiger partial charge < -0.3 is 5.32 Å². The number of rotatable bonds is 8. The second-order valence-corrected chi connectivity index (χ2v) is 6.36. The zero-order chi connectivity index (χ0) is 15.1. The molecule has 1 aromatic carbocycles. The fraction of sp³-hybridized carbons (Fsp3) is 0.471. The first-order chi connectivity index (χ1) is 10.2. The molecule has 0 radical (unpaired) electrons. The maximum absolute atomic E-state index is 4.23. The van der Waals surface area contributed by atoms with E-state index in [0.29, 0.717) is 6.04 Å². The molecule has 21 heavy (non-hydrogen) atoms. The van der Waals surface area contributed by atoms with Crippen molar-refractivity contribution in [3.8, 4) is 0 Å². The molecule has 0 saturated heterocycles. The number of benzene rings is 1. The highest BCUT2D eigenvalue weighted by atomic mass is 32.2. The van der Waals surface area contributed by atoms with Gasteiger partial charge in [-0.3, -0.25) is 4.68 Å². The summed E-state index contributed by atoms with van der Waals surface area (Å²) in [6.07, 6.45) is 6.25. The lowest BCUT2D eigenvalue weighted by Gasteiger charge is -2.18. The fourth-order valence-corrected chi connectivity index (χ4v) is 3.25. The number of hydrogen-bond acceptors (Lipinski definition) is 3. The Labute approximate surface area is 132 Å². The molecule has 2 aromatic rings. The van der Waals surface area contributed by atoms with E-state index in [1.807, 2.05) is 29.7 Å². The third-order valence-electron chi connectivity index (χ3n) is 3.53. The van der Waals surface area contributed by atoms with Crippen LogP contribution in [0.5, 0.6) is 0 Å². The molecule has 1 heterocycles. The molecule has 0 amide bonds. The fourth-order valence-electron chi connectivity index (χ4n) is 2.23. The quantitative estimate of drug-likeness (QED) is 0.752. The number of nitrogens with zero attached hydrogens (tertiary/aromatic N) is 2. The molecular formula is C17H25N3S. The highest BCUT2D eigenvalue weighted by molar-refractivity contribution is 7.99. The van der Waals surface area contributed by atoms with Crippen molar-refractivity contribution in [3.05, 3.63) is 47.8 Å². The van der Waals surface area contributed by atoms with E-state index in [2.05, 4.69) is 54.7 Å². The second-order valence-electron chi connectivity index (χ2n) is 5.26. The molecule has 1 atom stereocenters. The summed E-state index contributed by atoms with van der Waals surface area (Å²) in [6.45, 7) is 5.45. The predicted octanol–water partition coefficient (Wildman–Crippen LogP) is 3.82. The Kier molecular flexibility index (Phi) is 6.33. The van der Waals surface area contributed by atoms with Crippen LogP contribution in [-0.2, 0) is 13.5 Å². The Bertz CT molecular complexity index is 533. The number of nitrogens with one attached hydrogen (secondary N) is 1. The topological polar surface area (TPSA) is 29.9 Å². The zero-order valence-corrected chi connectivity index (χ0v) is 14.0. The molecule has 3 nitrogen and oxygen atoms in total. The molecule has 4 heteroatoms. The zero-order valence-electron chi connectivity index (χ0n) is 13.2. The van der Waals surface area contributed by atoms with Gasteiger partial charge in [0.05, 0.1) is 6.20 Å². The summed E-state index contributed by atoms with van der Waals surface area (Å²) in [5, 5.41) is 7.88. The standard InChI is InChI=1S/C17H25N3S/c1-4-10-18-17(13-21-16-11-19-20(3)12-16)15-8-6-14(5-2)7-9-15/h6-9,11-12,17-18H,4-5,10,13H2,1-3H3. The van der Waals surface area contributed by atoms with E-state index in [-0.39, 0.29) is 0 Å². The van der Waals surface area contributed by atoms with Crippen LogP contribution in [0.4, 0.5) is 0 Å². The van der Waals surface area contributed by atoms with Crippen LogP contribution in [0.2, 0.25) is 0 Å². The monoisotopic (exact) mass is 303 g/mol. The van der Waals surface area contributed by atoms with Gasteiger partial charge in [0.2, 0.25) is 0 Å². The SMILES string of the molecule is CCCNC(CSc1cnn(C)c1)c1ccc(CC)cc1. The summed E-state index contributed by atoms with van der Waals surface area (Å²) in [4.78, 5) is 1.23. The molecule has 0 spiro atoms. The van der Waals surface area contributed by atoms with E-state index >= 15 is 0 Å². The lowest BCUT2D eigenvalue weighted by molar-refractivity contribution is 0.577. The largest absolute Gasteiger partial charge is 0.309 e. The molecule has 0 fully saturated rings. The van der Waals surface area contributed by atoms with Crippen molar-refractivity contribution < 1.29 is 0 Å². The van der Waals surface area contributed by atoms with Gasteiger partial charge in [0.15, 0.2) is 0 Å². The van der Waals surface area contributed by atoms with Gasteiger partial charge in [-0.2, -0.15) is 5.10 Å². The average Bonchev–Trinajstić information content (AvgIpc) is 2.93. The summed E-state index contributed by atoms with van der Waals surface area (Å²) >= 11 is 1.86. The summed E-state index contributed by atoms with van der Waals surface area (Å²) in [6, 6.07) is 9.39. The highest BCUT2D eigenvalue weighted by Crippen LogP contribution is 2.24. The Morgan fingerprint density at radius 2 is 2.00 bits per heavy atom. The van der Waals surface area contributed by atoms with Gasteiger partial charge in [0.1, 0.15) is 0 Å². The van der Waals surface area contributed by atoms with Crippen molar-refractivity contribution in [2.45, 2.75) is 37.6 Å². The van der Waals surface area contributed by atoms with Crippen molar-refractivity contribution in [1.29, 1.82) is 0 Å². The first kappa shape index (κ1) is 16.1. The van der Waals surface area contributed by atoms with Crippen molar-refractivity contribution in [2.24, 2.45) is 7.05 Å². The minimum atomic E-state index is 0.390. The highest BCUT2D eigenvalue weighted by Gasteiger charge is 2.11. The van der Waals surface area contributed by atoms with Gasteiger partial charge in [-0.15, -0.1) is 11.8 Å². The molecule has 0 aliphatic rings. The van der Waals surface area contributed by atoms with Crippen LogP contribution in [-0.4, -0.2) is 22.1 Å². The first-order valence-corrected chi connectivity index (χ1v) is 8.65. The number of thioether (sulfide) groups is 1. The normalized spacial score (nSPS) is 12.5. The summed E-state index contributed by atoms with van der Waals surface area (Å²) in [5.41, 5.74) is 2.77. The second kappa shape index (κ2) is 8.25. The predicted molar refractivity (Wildman–Crippen MR) is 90.8 cm³/mol. The van der Waals surface area contributed by atoms with Crippen LogP contribution in [0.25, 0.3) is 0 Å². The molecule has 0 aliphatic heterocycles. The minimum Gasteiger partial charge on any atom is -0.309 e. The molecule has 1 N–H and O–H groups in total. The summed E-state index contributed by atoms with van der Waals surface area (Å²) < 4.78 is 1.85. The third-order valence-corrected chi connectivity index (χ3v) is 4.57. The smallest absolute Gasteiger partial charge is 0.0625 e. The number of aryl methyl sites for hydroxylation is 2. The lowest BCUT2D eigenvalue weighted by atomic mass is 10.0. The number of hydrogen-bond donors (Lipinski definition) is 1. The maximum atomic E-state index is 4.23. The number of aromatic nitrogens is 2. The van der Waals surface area contributed by atoms with Crippen LogP contribution in [0, 0.1) is 0 Å². The van der Waals surface area contributed by atoms with E-state index in [1.54, 1.807) is 0 Å². The van der Waals surface area contributed by atoms with Crippen molar-refractivity contribution in [3.63, 3.8) is 0 Å². The van der Waals surface area contributed by atoms with Gasteiger partial charge in [0, 0.05) is 29.9 Å². The van der Waals surface area contributed by atoms with E-state index in [0.717, 1.165) is 25.1 Å². The van der Waals surface area contributed by atoms with Crippen LogP contribution in [0.15, 0.2) is 41.6 Å². The Morgan fingerprint density at radius 1 is 1.24 bits per heavy atom. The molecule has 1 unspecified atom stereocenters. The minimum absolute atomic E-state index is 0.390. The van der Waals surface area contributed by atoms with Gasteiger partial charge in [0.25, 0.3) is 0 Å². The Hall–Kier alpha value is -1.26. The lowest BCUT2D eigenvalue weighted by Crippen LogP contribution is -2.24. The van der Waals surface area contributed by atoms with Crippen LogP contribution in [0.1, 0.15) is 37.4 Å².